The minimum absolute atomic E-state index is 0.329. The molecule has 0 amide bonds. The van der Waals surface area contributed by atoms with E-state index in [0.717, 1.165) is 11.4 Å². The van der Waals surface area contributed by atoms with Gasteiger partial charge in [-0.05, 0) is 30.3 Å². The molecular formula is C14H13N3O. The van der Waals surface area contributed by atoms with Crippen LogP contribution >= 0.6 is 0 Å². The van der Waals surface area contributed by atoms with E-state index in [-0.39, 0.29) is 6.04 Å². The van der Waals surface area contributed by atoms with Gasteiger partial charge in [0, 0.05) is 6.20 Å². The van der Waals surface area contributed by atoms with Crippen LogP contribution in [0.4, 0.5) is 0 Å². The fourth-order valence-corrected chi connectivity index (χ4v) is 1.84. The van der Waals surface area contributed by atoms with Crippen molar-refractivity contribution in [2.45, 2.75) is 6.04 Å². The maximum Gasteiger partial charge on any atom is 0.126 e. The molecule has 1 aromatic carbocycles. The molecule has 0 aliphatic heterocycles. The second-order valence-electron chi connectivity index (χ2n) is 4.01. The van der Waals surface area contributed by atoms with Gasteiger partial charge < -0.3 is 10.2 Å². The molecule has 4 heteroatoms. The second kappa shape index (κ2) is 4.50. The summed E-state index contributed by atoms with van der Waals surface area (Å²) in [4.78, 5) is 0. The molecule has 2 aromatic heterocycles. The third kappa shape index (κ3) is 1.94. The maximum absolute atomic E-state index is 6.08. The number of rotatable bonds is 3. The van der Waals surface area contributed by atoms with E-state index < -0.39 is 0 Å². The van der Waals surface area contributed by atoms with Crippen LogP contribution in [0.25, 0.3) is 5.69 Å². The highest BCUT2D eigenvalue weighted by molar-refractivity contribution is 5.31. The van der Waals surface area contributed by atoms with Crippen LogP contribution in [0.15, 0.2) is 65.4 Å². The number of furan rings is 1. The zero-order valence-electron chi connectivity index (χ0n) is 9.73. The molecule has 3 aromatic rings. The van der Waals surface area contributed by atoms with Crippen LogP contribution in [-0.2, 0) is 0 Å². The van der Waals surface area contributed by atoms with Crippen molar-refractivity contribution >= 4 is 0 Å². The molecule has 0 fully saturated rings. The van der Waals surface area contributed by atoms with Gasteiger partial charge in [-0.1, -0.05) is 18.2 Å². The van der Waals surface area contributed by atoms with Gasteiger partial charge in [-0.3, -0.25) is 0 Å². The molecule has 1 atom stereocenters. The SMILES string of the molecule is NC(c1ccn(-c2ccccc2)n1)c1ccco1. The van der Waals surface area contributed by atoms with Crippen molar-refractivity contribution in [3.8, 4) is 5.69 Å². The minimum Gasteiger partial charge on any atom is -0.467 e. The zero-order chi connectivity index (χ0) is 12.4. The minimum atomic E-state index is -0.329. The van der Waals surface area contributed by atoms with Crippen LogP contribution in [0.2, 0.25) is 0 Å². The second-order valence-corrected chi connectivity index (χ2v) is 4.01. The van der Waals surface area contributed by atoms with E-state index >= 15 is 0 Å². The topological polar surface area (TPSA) is 57.0 Å². The highest BCUT2D eigenvalue weighted by atomic mass is 16.3. The van der Waals surface area contributed by atoms with Crippen LogP contribution in [0, 0.1) is 0 Å². The number of aromatic nitrogens is 2. The molecule has 1 unspecified atom stereocenters. The number of hydrogen-bond acceptors (Lipinski definition) is 3. The largest absolute Gasteiger partial charge is 0.467 e. The molecule has 2 heterocycles. The van der Waals surface area contributed by atoms with Crippen molar-refractivity contribution < 1.29 is 4.42 Å². The molecule has 3 rings (SSSR count). The molecule has 0 radical (unpaired) electrons. The first-order valence-corrected chi connectivity index (χ1v) is 5.74. The Kier molecular flexibility index (Phi) is 2.70. The summed E-state index contributed by atoms with van der Waals surface area (Å²) < 4.78 is 7.09. The monoisotopic (exact) mass is 239 g/mol. The molecule has 0 saturated heterocycles. The van der Waals surface area contributed by atoms with Gasteiger partial charge in [0.15, 0.2) is 0 Å². The van der Waals surface area contributed by atoms with E-state index in [0.29, 0.717) is 5.76 Å². The van der Waals surface area contributed by atoms with E-state index in [1.165, 1.54) is 0 Å². The van der Waals surface area contributed by atoms with Gasteiger partial charge in [0.1, 0.15) is 11.8 Å². The average Bonchev–Trinajstić information content (AvgIpc) is 3.10. The predicted octanol–water partition coefficient (Wildman–Crippen LogP) is 2.51. The van der Waals surface area contributed by atoms with Crippen molar-refractivity contribution in [1.29, 1.82) is 0 Å². The molecule has 0 aliphatic carbocycles. The first kappa shape index (κ1) is 10.8. The number of para-hydroxylation sites is 1. The van der Waals surface area contributed by atoms with Crippen molar-refractivity contribution in [2.75, 3.05) is 0 Å². The Balaban J connectivity index is 1.90. The highest BCUT2D eigenvalue weighted by Crippen LogP contribution is 2.19. The zero-order valence-corrected chi connectivity index (χ0v) is 9.73. The first-order valence-electron chi connectivity index (χ1n) is 5.74. The Morgan fingerprint density at radius 3 is 2.61 bits per heavy atom. The quantitative estimate of drug-likeness (QED) is 0.764. The Labute approximate surface area is 105 Å². The molecule has 18 heavy (non-hydrogen) atoms. The lowest BCUT2D eigenvalue weighted by atomic mass is 10.2. The molecule has 0 aliphatic rings. The molecule has 0 saturated carbocycles. The normalized spacial score (nSPS) is 12.5. The summed E-state index contributed by atoms with van der Waals surface area (Å²) in [5.74, 6) is 0.716. The van der Waals surface area contributed by atoms with Crippen LogP contribution in [0.1, 0.15) is 17.5 Å². The molecular weight excluding hydrogens is 226 g/mol. The number of nitrogens with zero attached hydrogens (tertiary/aromatic N) is 2. The molecule has 0 bridgehead atoms. The summed E-state index contributed by atoms with van der Waals surface area (Å²) in [5.41, 5.74) is 7.88. The van der Waals surface area contributed by atoms with Crippen LogP contribution in [0.5, 0.6) is 0 Å². The van der Waals surface area contributed by atoms with Gasteiger partial charge in [0.25, 0.3) is 0 Å². The van der Waals surface area contributed by atoms with Gasteiger partial charge in [0.2, 0.25) is 0 Å². The number of hydrogen-bond donors (Lipinski definition) is 1. The summed E-state index contributed by atoms with van der Waals surface area (Å²) in [7, 11) is 0. The average molecular weight is 239 g/mol. The summed E-state index contributed by atoms with van der Waals surface area (Å²) in [6.45, 7) is 0. The van der Waals surface area contributed by atoms with E-state index in [4.69, 9.17) is 10.2 Å². The molecule has 0 spiro atoms. The lowest BCUT2D eigenvalue weighted by molar-refractivity contribution is 0.485. The van der Waals surface area contributed by atoms with Crippen molar-refractivity contribution in [1.82, 2.24) is 9.78 Å². The predicted molar refractivity (Wildman–Crippen MR) is 68.3 cm³/mol. The molecule has 4 nitrogen and oxygen atoms in total. The fourth-order valence-electron chi connectivity index (χ4n) is 1.84. The van der Waals surface area contributed by atoms with E-state index in [1.807, 2.05) is 54.7 Å². The van der Waals surface area contributed by atoms with Gasteiger partial charge in [-0.15, -0.1) is 0 Å². The van der Waals surface area contributed by atoms with Crippen molar-refractivity contribution in [3.05, 3.63) is 72.4 Å². The molecule has 2 N–H and O–H groups in total. The Morgan fingerprint density at radius 1 is 1.06 bits per heavy atom. The summed E-state index contributed by atoms with van der Waals surface area (Å²) in [6.07, 6.45) is 3.51. The van der Waals surface area contributed by atoms with E-state index in [9.17, 15) is 0 Å². The first-order chi connectivity index (χ1) is 8.84. The smallest absolute Gasteiger partial charge is 0.126 e. The third-order valence-electron chi connectivity index (χ3n) is 2.80. The standard InChI is InChI=1S/C14H13N3O/c15-14(13-7-4-10-18-13)12-8-9-17(16-12)11-5-2-1-3-6-11/h1-10,14H,15H2. The van der Waals surface area contributed by atoms with Crippen molar-refractivity contribution in [3.63, 3.8) is 0 Å². The lowest BCUT2D eigenvalue weighted by Crippen LogP contribution is -2.12. The van der Waals surface area contributed by atoms with E-state index in [1.54, 1.807) is 10.9 Å². The lowest BCUT2D eigenvalue weighted by Gasteiger charge is -2.05. The molecule has 90 valence electrons. The van der Waals surface area contributed by atoms with Gasteiger partial charge in [-0.25, -0.2) is 4.68 Å². The van der Waals surface area contributed by atoms with Gasteiger partial charge in [-0.2, -0.15) is 5.10 Å². The van der Waals surface area contributed by atoms with Crippen LogP contribution in [-0.4, -0.2) is 9.78 Å². The highest BCUT2D eigenvalue weighted by Gasteiger charge is 2.14. The summed E-state index contributed by atoms with van der Waals surface area (Å²) >= 11 is 0. The van der Waals surface area contributed by atoms with Crippen molar-refractivity contribution in [2.24, 2.45) is 5.73 Å². The number of nitrogens with two attached hydrogens (primary N) is 1. The fraction of sp³-hybridized carbons (Fsp3) is 0.0714. The summed E-state index contributed by atoms with van der Waals surface area (Å²) in [5, 5.41) is 4.47. The Hall–Kier alpha value is -2.33. The van der Waals surface area contributed by atoms with Gasteiger partial charge >= 0.3 is 0 Å². The van der Waals surface area contributed by atoms with Crippen LogP contribution < -0.4 is 5.73 Å². The maximum atomic E-state index is 6.08. The third-order valence-corrected chi connectivity index (χ3v) is 2.80. The Bertz CT molecular complexity index is 614. The number of benzene rings is 1. The van der Waals surface area contributed by atoms with Crippen LogP contribution in [0.3, 0.4) is 0 Å². The summed E-state index contributed by atoms with van der Waals surface area (Å²) in [6, 6.07) is 15.2. The van der Waals surface area contributed by atoms with Gasteiger partial charge in [0.05, 0.1) is 17.6 Å². The van der Waals surface area contributed by atoms with E-state index in [2.05, 4.69) is 5.10 Å². The Morgan fingerprint density at radius 2 is 1.89 bits per heavy atom.